The van der Waals surface area contributed by atoms with Crippen molar-refractivity contribution in [3.8, 4) is 23.0 Å². The minimum absolute atomic E-state index is 0.00126. The molecule has 0 bridgehead atoms. The van der Waals surface area contributed by atoms with E-state index < -0.39 is 17.6 Å². The number of halogens is 4. The van der Waals surface area contributed by atoms with Crippen LogP contribution in [0.25, 0.3) is 11.5 Å². The van der Waals surface area contributed by atoms with Crippen LogP contribution in [0.5, 0.6) is 11.5 Å². The molecule has 2 aromatic carbocycles. The van der Waals surface area contributed by atoms with Crippen LogP contribution in [0, 0.1) is 11.6 Å². The molecule has 4 N–H and O–H groups in total. The van der Waals surface area contributed by atoms with Gasteiger partial charge in [-0.25, -0.2) is 13.6 Å². The number of aromatic carboxylic acids is 1. The number of hydrogen-bond donors (Lipinski definition) is 3. The van der Waals surface area contributed by atoms with Gasteiger partial charge in [0.2, 0.25) is 17.1 Å². The molecule has 2 saturated heterocycles. The molecule has 0 unspecified atom stereocenters. The predicted octanol–water partition coefficient (Wildman–Crippen LogP) is 5.39. The van der Waals surface area contributed by atoms with Gasteiger partial charge in [0.1, 0.15) is 45.4 Å². The summed E-state index contributed by atoms with van der Waals surface area (Å²) in [6, 6.07) is 14.6. The maximum Gasteiger partial charge on any atom is 0.337 e. The van der Waals surface area contributed by atoms with Crippen LogP contribution in [0.1, 0.15) is 36.0 Å². The van der Waals surface area contributed by atoms with E-state index in [9.17, 15) is 23.2 Å². The van der Waals surface area contributed by atoms with E-state index >= 15 is 0 Å². The summed E-state index contributed by atoms with van der Waals surface area (Å²) in [6.07, 6.45) is 5.65. The molecule has 3 aromatic heterocycles. The number of carboxylic acids is 1. The molecule has 0 aliphatic carbocycles. The van der Waals surface area contributed by atoms with Gasteiger partial charge in [0.05, 0.1) is 11.1 Å². The number of anilines is 1. The van der Waals surface area contributed by atoms with Gasteiger partial charge in [-0.05, 0) is 41.6 Å². The largest absolute Gasteiger partial charge is 0.489 e. The van der Waals surface area contributed by atoms with E-state index in [4.69, 9.17) is 53.2 Å². The van der Waals surface area contributed by atoms with Crippen molar-refractivity contribution in [2.24, 2.45) is 25.0 Å². The molecule has 5 heterocycles. The zero-order valence-corrected chi connectivity index (χ0v) is 32.8. The van der Waals surface area contributed by atoms with Crippen molar-refractivity contribution in [3.63, 3.8) is 0 Å². The molecule has 2 aliphatic heterocycles. The molecule has 16 nitrogen and oxygen atoms in total. The second-order valence-electron chi connectivity index (χ2n) is 13.1. The number of rotatable bonds is 7. The third-order valence-electron chi connectivity index (χ3n) is 9.09. The van der Waals surface area contributed by atoms with E-state index in [1.807, 2.05) is 4.90 Å². The summed E-state index contributed by atoms with van der Waals surface area (Å²) >= 11 is 11.8. The Balaban J connectivity index is 0.000000184. The number of nitrogens with zero attached hydrogens (tertiary/aromatic N) is 7. The van der Waals surface area contributed by atoms with Gasteiger partial charge < -0.3 is 49.0 Å². The van der Waals surface area contributed by atoms with E-state index in [0.717, 1.165) is 12.8 Å². The number of piperidine rings is 2. The smallest absolute Gasteiger partial charge is 0.337 e. The van der Waals surface area contributed by atoms with Crippen molar-refractivity contribution >= 4 is 41.1 Å². The Labute approximate surface area is 340 Å². The Bertz CT molecular complexity index is 2340. The number of pyridine rings is 2. The number of oxime groups is 1. The van der Waals surface area contributed by atoms with E-state index in [2.05, 4.69) is 15.3 Å². The lowest BCUT2D eigenvalue weighted by Crippen LogP contribution is -2.45. The number of hydrogen-bond acceptors (Lipinski definition) is 11. The van der Waals surface area contributed by atoms with Crippen molar-refractivity contribution in [2.45, 2.75) is 37.9 Å². The van der Waals surface area contributed by atoms with Crippen molar-refractivity contribution < 1.29 is 37.9 Å². The number of aromatic nitrogens is 4. The number of nitrogens with two attached hydrogens (primary N) is 1. The molecule has 0 saturated carbocycles. The van der Waals surface area contributed by atoms with Gasteiger partial charge in [-0.15, -0.1) is 0 Å². The van der Waals surface area contributed by atoms with Gasteiger partial charge in [0.15, 0.2) is 0 Å². The van der Waals surface area contributed by atoms with Crippen LogP contribution in [-0.2, 0) is 14.1 Å². The fourth-order valence-electron chi connectivity index (χ4n) is 5.85. The minimum atomic E-state index is -1.03. The van der Waals surface area contributed by atoms with Crippen LogP contribution in [0.2, 0.25) is 10.0 Å². The van der Waals surface area contributed by atoms with Crippen LogP contribution in [0.15, 0.2) is 92.3 Å². The second-order valence-corrected chi connectivity index (χ2v) is 13.9. The van der Waals surface area contributed by atoms with Crippen molar-refractivity contribution in [2.75, 3.05) is 31.1 Å². The number of aryl methyl sites for hydroxylation is 2. The molecule has 0 amide bonds. The molecule has 0 radical (unpaired) electrons. The molecule has 0 atom stereocenters. The Kier molecular flexibility index (Phi) is 14.7. The lowest BCUT2D eigenvalue weighted by atomic mass is 10.1. The van der Waals surface area contributed by atoms with Gasteiger partial charge in [-0.3, -0.25) is 9.59 Å². The average molecular weight is 846 g/mol. The predicted molar refractivity (Wildman–Crippen MR) is 211 cm³/mol. The third kappa shape index (κ3) is 11.3. The van der Waals surface area contributed by atoms with Gasteiger partial charge >= 0.3 is 5.97 Å². The van der Waals surface area contributed by atoms with Crippen LogP contribution in [-0.4, -0.2) is 84.8 Å². The third-order valence-corrected chi connectivity index (χ3v) is 9.83. The summed E-state index contributed by atoms with van der Waals surface area (Å²) < 4.78 is 46.4. The first kappa shape index (κ1) is 43.0. The highest BCUT2D eigenvalue weighted by Gasteiger charge is 2.26. The van der Waals surface area contributed by atoms with Gasteiger partial charge in [-0.1, -0.05) is 40.5 Å². The number of carbonyl (C=O) groups is 1. The van der Waals surface area contributed by atoms with Crippen LogP contribution in [0.3, 0.4) is 0 Å². The van der Waals surface area contributed by atoms with Crippen molar-refractivity contribution in [1.82, 2.24) is 24.2 Å². The Morgan fingerprint density at radius 3 is 1.84 bits per heavy atom. The SMILES string of the molecule is Cn1cc(-c2nc(N3CCC(Oc4cccc(F)c4Cl)CC3)no2)ccc1=O.Cn1cc(C(=O)O)ccc1=O.N/C(=N\O)N1CCC(Oc2cccc(F)c2Cl)CC1. The monoisotopic (exact) mass is 844 g/mol. The number of benzene rings is 2. The highest BCUT2D eigenvalue weighted by atomic mass is 35.5. The number of ether oxygens (including phenoxy) is 2. The highest BCUT2D eigenvalue weighted by molar-refractivity contribution is 6.32. The van der Waals surface area contributed by atoms with E-state index in [1.165, 1.54) is 52.7 Å². The fraction of sp³-hybridized carbons (Fsp3) is 0.316. The maximum atomic E-state index is 13.5. The Hall–Kier alpha value is -6.14. The summed E-state index contributed by atoms with van der Waals surface area (Å²) in [4.78, 5) is 40.8. The second kappa shape index (κ2) is 19.8. The standard InChI is InChI=1S/C19H18ClFN4O3.C12H15ClFN3O2.C7H7NO3/c1-24-11-12(5-6-16(24)26)18-22-19(23-28-18)25-9-7-13(8-10-25)27-15-4-2-3-14(21)17(15)20;13-11-9(14)2-1-3-10(11)19-8-4-6-17(7-5-8)12(15)16-18;1-8-4-5(7(10)11)2-3-6(8)9/h2-6,11,13H,7-10H2,1H3;1-3,8,18H,4-7H2,(H2,15,16);2-4H,1H3,(H,10,11). The molecule has 58 heavy (non-hydrogen) atoms. The molecule has 2 aliphatic rings. The zero-order chi connectivity index (χ0) is 41.9. The summed E-state index contributed by atoms with van der Waals surface area (Å²) in [5.74, 6) is -0.354. The summed E-state index contributed by atoms with van der Waals surface area (Å²) in [5.41, 5.74) is 5.98. The zero-order valence-electron chi connectivity index (χ0n) is 31.3. The van der Waals surface area contributed by atoms with E-state index in [0.29, 0.717) is 67.9 Å². The quantitative estimate of drug-likeness (QED) is 0.0816. The first-order valence-corrected chi connectivity index (χ1v) is 18.6. The number of likely N-dealkylation sites (tertiary alicyclic amines) is 1. The van der Waals surface area contributed by atoms with Gasteiger partial charge in [-0.2, -0.15) is 4.98 Å². The molecule has 0 spiro atoms. The first-order chi connectivity index (χ1) is 27.7. The molecule has 20 heteroatoms. The lowest BCUT2D eigenvalue weighted by molar-refractivity contribution is 0.0695. The minimum Gasteiger partial charge on any atom is -0.489 e. The van der Waals surface area contributed by atoms with Gasteiger partial charge in [0.25, 0.3) is 11.8 Å². The highest BCUT2D eigenvalue weighted by Crippen LogP contribution is 2.31. The fourth-order valence-corrected chi connectivity index (χ4v) is 6.19. The van der Waals surface area contributed by atoms with Gasteiger partial charge in [0, 0.05) is 90.5 Å². The molecule has 7 rings (SSSR count). The van der Waals surface area contributed by atoms with Crippen LogP contribution < -0.4 is 31.2 Å². The molecule has 5 aromatic rings. The van der Waals surface area contributed by atoms with Crippen LogP contribution in [0.4, 0.5) is 14.7 Å². The van der Waals surface area contributed by atoms with E-state index in [1.54, 1.807) is 48.5 Å². The topological polar surface area (TPSA) is 204 Å². The van der Waals surface area contributed by atoms with E-state index in [-0.39, 0.29) is 44.9 Å². The molecule has 2 fully saturated rings. The molecular weight excluding hydrogens is 805 g/mol. The molecular formula is C38H40Cl2F2N8O8. The number of guanidine groups is 1. The Morgan fingerprint density at radius 2 is 1.34 bits per heavy atom. The summed E-state index contributed by atoms with van der Waals surface area (Å²) in [5, 5.41) is 24.1. The van der Waals surface area contributed by atoms with Crippen molar-refractivity contribution in [3.05, 3.63) is 121 Å². The Morgan fingerprint density at radius 1 is 0.828 bits per heavy atom. The normalized spacial score (nSPS) is 14.8. The maximum absolute atomic E-state index is 13.5. The number of carboxylic acid groups (broad SMARTS) is 1. The lowest BCUT2D eigenvalue weighted by Gasteiger charge is -2.32. The van der Waals surface area contributed by atoms with Crippen molar-refractivity contribution in [1.29, 1.82) is 0 Å². The summed E-state index contributed by atoms with van der Waals surface area (Å²) in [6.45, 7) is 2.58. The van der Waals surface area contributed by atoms with Crippen LogP contribution >= 0.6 is 23.2 Å². The molecule has 308 valence electrons. The first-order valence-electron chi connectivity index (χ1n) is 17.8. The average Bonchev–Trinajstić information content (AvgIpc) is 3.72. The summed E-state index contributed by atoms with van der Waals surface area (Å²) in [7, 11) is 3.17.